The molecule has 0 heterocycles. The van der Waals surface area contributed by atoms with Crippen LogP contribution in [0.15, 0.2) is 115 Å². The molecule has 0 saturated carbocycles. The zero-order chi connectivity index (χ0) is 23.0. The van der Waals surface area contributed by atoms with E-state index in [4.69, 9.17) is 14.0 Å². The van der Waals surface area contributed by atoms with Gasteiger partial charge in [-0.15, -0.1) is 0 Å². The molecule has 4 rings (SSSR count). The van der Waals surface area contributed by atoms with Crippen molar-refractivity contribution in [1.82, 2.24) is 0 Å². The quantitative estimate of drug-likeness (QED) is 0.149. The standard InChI is InChI=1S/C22H24BNO3.C6H5/c1-2-3-18-24-19-14-16-22(17-15-19)27-23(25-20-10-6-4-7-11-20)26-21-12-8-5-9-13-21;1-2-4-6-5-3-1/h4-17,24H,2-3,18H2,1H3;1-5H/q;-1/p+1. The summed E-state index contributed by atoms with van der Waals surface area (Å²) in [6.45, 7) is 3.29. The van der Waals surface area contributed by atoms with Gasteiger partial charge in [0.1, 0.15) is 22.9 Å². The normalized spacial score (nSPS) is 9.85. The van der Waals surface area contributed by atoms with Crippen LogP contribution in [0.4, 0.5) is 5.69 Å². The smallest absolute Gasteiger partial charge is 0.490 e. The van der Waals surface area contributed by atoms with Crippen LogP contribution in [0.25, 0.3) is 0 Å². The number of hydrogen-bond donors (Lipinski definition) is 1. The summed E-state index contributed by atoms with van der Waals surface area (Å²) < 4.78 is 17.7. The second-order valence-electron chi connectivity index (χ2n) is 7.26. The van der Waals surface area contributed by atoms with Crippen LogP contribution in [0.2, 0.25) is 0 Å². The molecule has 0 amide bonds. The van der Waals surface area contributed by atoms with Crippen LogP contribution in [0.3, 0.4) is 0 Å². The topological polar surface area (TPSA) is 44.3 Å². The molecule has 5 heteroatoms. The van der Waals surface area contributed by atoms with E-state index in [2.05, 4.69) is 18.3 Å². The summed E-state index contributed by atoms with van der Waals surface area (Å²) in [6.07, 6.45) is 2.41. The van der Waals surface area contributed by atoms with E-state index in [-0.39, 0.29) is 0 Å². The lowest BCUT2D eigenvalue weighted by molar-refractivity contribution is -0.571. The minimum absolute atomic E-state index is 0.683. The van der Waals surface area contributed by atoms with E-state index in [1.807, 2.05) is 115 Å². The molecule has 0 radical (unpaired) electrons. The maximum Gasteiger partial charge on any atom is 0.864 e. The van der Waals surface area contributed by atoms with Gasteiger partial charge >= 0.3 is 7.32 Å². The summed E-state index contributed by atoms with van der Waals surface area (Å²) in [6, 6.07) is 39.5. The van der Waals surface area contributed by atoms with Gasteiger partial charge in [0.05, 0.1) is 6.54 Å². The maximum absolute atomic E-state index is 5.94. The van der Waals surface area contributed by atoms with Crippen molar-refractivity contribution in [2.45, 2.75) is 19.8 Å². The van der Waals surface area contributed by atoms with Crippen LogP contribution >= 0.6 is 0 Å². The number of nitrogens with two attached hydrogens (primary N) is 1. The fourth-order valence-corrected chi connectivity index (χ4v) is 2.90. The van der Waals surface area contributed by atoms with Gasteiger partial charge in [-0.05, 0) is 42.8 Å². The molecular weight excluding hydrogens is 409 g/mol. The predicted molar refractivity (Wildman–Crippen MR) is 134 cm³/mol. The van der Waals surface area contributed by atoms with Crippen molar-refractivity contribution in [3.63, 3.8) is 0 Å². The van der Waals surface area contributed by atoms with E-state index >= 15 is 0 Å². The molecule has 0 spiro atoms. The Morgan fingerprint density at radius 1 is 0.636 bits per heavy atom. The minimum atomic E-state index is -0.885. The van der Waals surface area contributed by atoms with Gasteiger partial charge in [-0.25, -0.2) is 0 Å². The Hall–Kier alpha value is -3.70. The summed E-state index contributed by atoms with van der Waals surface area (Å²) in [7, 11) is -0.885. The van der Waals surface area contributed by atoms with E-state index < -0.39 is 7.32 Å². The molecule has 168 valence electrons. The molecule has 0 aromatic heterocycles. The first-order valence-electron chi connectivity index (χ1n) is 11.3. The van der Waals surface area contributed by atoms with E-state index in [0.717, 1.165) is 6.54 Å². The highest BCUT2D eigenvalue weighted by Gasteiger charge is 2.30. The minimum Gasteiger partial charge on any atom is -0.490 e. The molecule has 33 heavy (non-hydrogen) atoms. The van der Waals surface area contributed by atoms with E-state index in [0.29, 0.717) is 17.2 Å². The van der Waals surface area contributed by atoms with Gasteiger partial charge in [0.15, 0.2) is 0 Å². The van der Waals surface area contributed by atoms with Crippen LogP contribution in [0.1, 0.15) is 19.8 Å². The molecule has 2 N–H and O–H groups in total. The van der Waals surface area contributed by atoms with Gasteiger partial charge in [0, 0.05) is 12.1 Å². The van der Waals surface area contributed by atoms with Crippen molar-refractivity contribution in [1.29, 1.82) is 0 Å². The summed E-state index contributed by atoms with van der Waals surface area (Å²) >= 11 is 0. The molecule has 0 aliphatic rings. The van der Waals surface area contributed by atoms with Crippen LogP contribution in [-0.2, 0) is 0 Å². The third kappa shape index (κ3) is 9.54. The van der Waals surface area contributed by atoms with Crippen LogP contribution in [0.5, 0.6) is 17.2 Å². The molecule has 0 aliphatic carbocycles. The number of rotatable bonds is 10. The van der Waals surface area contributed by atoms with Gasteiger partial charge in [-0.2, -0.15) is 36.4 Å². The Labute approximate surface area is 197 Å². The lowest BCUT2D eigenvalue weighted by Crippen LogP contribution is -2.77. The highest BCUT2D eigenvalue weighted by Crippen LogP contribution is 2.18. The van der Waals surface area contributed by atoms with Crippen molar-refractivity contribution in [2.24, 2.45) is 0 Å². The predicted octanol–water partition coefficient (Wildman–Crippen LogP) is 5.69. The SMILES string of the molecule is CCCC[NH2+]c1ccc(OB(Oc2ccccc2)Oc2ccccc2)cc1.[c-]1ccccc1. The van der Waals surface area contributed by atoms with E-state index in [1.54, 1.807) is 0 Å². The Morgan fingerprint density at radius 3 is 1.55 bits per heavy atom. The largest absolute Gasteiger partial charge is 0.864 e. The second-order valence-corrected chi connectivity index (χ2v) is 7.26. The maximum atomic E-state index is 5.94. The average Bonchev–Trinajstić information content (AvgIpc) is 2.88. The fraction of sp³-hybridized carbons (Fsp3) is 0.143. The molecule has 0 bridgehead atoms. The molecule has 0 unspecified atom stereocenters. The van der Waals surface area contributed by atoms with E-state index in [1.165, 1.54) is 18.5 Å². The molecule has 0 saturated heterocycles. The first-order chi connectivity index (χ1) is 16.3. The summed E-state index contributed by atoms with van der Waals surface area (Å²) in [5.41, 5.74) is 1.19. The van der Waals surface area contributed by atoms with Crippen molar-refractivity contribution in [3.8, 4) is 17.2 Å². The molecule has 0 atom stereocenters. The molecular formula is C28H30BNO3. The van der Waals surface area contributed by atoms with Crippen molar-refractivity contribution < 1.29 is 19.3 Å². The van der Waals surface area contributed by atoms with Gasteiger partial charge < -0.3 is 19.3 Å². The number of quaternary nitrogens is 1. The summed E-state index contributed by atoms with van der Waals surface area (Å²) in [5, 5.41) is 2.24. The van der Waals surface area contributed by atoms with Crippen molar-refractivity contribution in [2.75, 3.05) is 6.54 Å². The third-order valence-corrected chi connectivity index (χ3v) is 4.61. The fourth-order valence-electron chi connectivity index (χ4n) is 2.90. The van der Waals surface area contributed by atoms with E-state index in [9.17, 15) is 0 Å². The number of benzene rings is 4. The summed E-state index contributed by atoms with van der Waals surface area (Å²) in [4.78, 5) is 0. The van der Waals surface area contributed by atoms with Gasteiger partial charge in [-0.1, -0.05) is 49.7 Å². The molecule has 0 aliphatic heterocycles. The first kappa shape index (κ1) is 24.0. The zero-order valence-corrected chi connectivity index (χ0v) is 19.0. The Morgan fingerprint density at radius 2 is 1.12 bits per heavy atom. The molecule has 0 fully saturated rings. The second kappa shape index (κ2) is 14.4. The average molecular weight is 439 g/mol. The lowest BCUT2D eigenvalue weighted by Gasteiger charge is -2.16. The summed E-state index contributed by atoms with van der Waals surface area (Å²) in [5.74, 6) is 2.06. The molecule has 4 aromatic rings. The highest BCUT2D eigenvalue weighted by molar-refractivity contribution is 6.39. The van der Waals surface area contributed by atoms with Crippen LogP contribution < -0.4 is 19.3 Å². The zero-order valence-electron chi connectivity index (χ0n) is 19.0. The number of hydrogen-bond acceptors (Lipinski definition) is 3. The van der Waals surface area contributed by atoms with Crippen molar-refractivity contribution >= 4 is 13.0 Å². The highest BCUT2D eigenvalue weighted by atomic mass is 16.7. The van der Waals surface area contributed by atoms with Crippen LogP contribution in [0, 0.1) is 6.07 Å². The Balaban J connectivity index is 0.000000442. The first-order valence-corrected chi connectivity index (χ1v) is 11.3. The van der Waals surface area contributed by atoms with Crippen molar-refractivity contribution in [3.05, 3.63) is 121 Å². The Bertz CT molecular complexity index is 931. The molecule has 4 nitrogen and oxygen atoms in total. The number of para-hydroxylation sites is 2. The molecule has 4 aromatic carbocycles. The van der Waals surface area contributed by atoms with Gasteiger partial charge in [0.2, 0.25) is 0 Å². The third-order valence-electron chi connectivity index (χ3n) is 4.61. The van der Waals surface area contributed by atoms with Crippen LogP contribution in [-0.4, -0.2) is 13.9 Å². The van der Waals surface area contributed by atoms with Gasteiger partial charge in [-0.3, -0.25) is 0 Å². The Kier molecular flexibility index (Phi) is 10.4. The lowest BCUT2D eigenvalue weighted by atomic mass is 10.2. The monoisotopic (exact) mass is 439 g/mol. The number of unbranched alkanes of at least 4 members (excludes halogenated alkanes) is 1. The van der Waals surface area contributed by atoms with Gasteiger partial charge in [0.25, 0.3) is 0 Å².